The van der Waals surface area contributed by atoms with Crippen LogP contribution in [0.5, 0.6) is 5.75 Å². The smallest absolute Gasteiger partial charge is 0.255 e. The molecule has 1 fully saturated rings. The monoisotopic (exact) mass is 395 g/mol. The maximum absolute atomic E-state index is 11.9. The van der Waals surface area contributed by atoms with Crippen LogP contribution in [-0.4, -0.2) is 37.0 Å². The number of halogens is 1. The van der Waals surface area contributed by atoms with Gasteiger partial charge in [-0.3, -0.25) is 4.79 Å². The highest BCUT2D eigenvalue weighted by Crippen LogP contribution is 2.21. The Balaban J connectivity index is 2.04. The lowest BCUT2D eigenvalue weighted by Gasteiger charge is -2.11. The maximum Gasteiger partial charge on any atom is 0.255 e. The summed E-state index contributed by atoms with van der Waals surface area (Å²) < 4.78 is 24.1. The van der Waals surface area contributed by atoms with E-state index in [0.717, 1.165) is 3.57 Å². The van der Waals surface area contributed by atoms with Gasteiger partial charge in [0.1, 0.15) is 5.75 Å². The third-order valence-corrected chi connectivity index (χ3v) is 6.10. The fourth-order valence-corrected chi connectivity index (χ4v) is 4.34. The number of nitrogens with one attached hydrogen (secondary N) is 1. The molecule has 1 aliphatic heterocycles. The number of hydrogen-bond acceptors (Lipinski definition) is 4. The fraction of sp³-hybridized carbons (Fsp3) is 0.417. The van der Waals surface area contributed by atoms with Crippen LogP contribution >= 0.6 is 22.6 Å². The van der Waals surface area contributed by atoms with Gasteiger partial charge in [-0.2, -0.15) is 0 Å². The first kappa shape index (κ1) is 14.6. The number of aromatic hydroxyl groups is 1. The number of carbonyl (C=O) groups excluding carboxylic acids is 1. The van der Waals surface area contributed by atoms with Gasteiger partial charge in [-0.15, -0.1) is 0 Å². The van der Waals surface area contributed by atoms with Gasteiger partial charge in [0, 0.05) is 10.1 Å². The summed E-state index contributed by atoms with van der Waals surface area (Å²) in [6.45, 7) is 0.103. The molecule has 1 unspecified atom stereocenters. The van der Waals surface area contributed by atoms with E-state index < -0.39 is 21.0 Å². The van der Waals surface area contributed by atoms with Gasteiger partial charge in [0.15, 0.2) is 9.84 Å². The fourth-order valence-electron chi connectivity index (χ4n) is 2.08. The molecule has 0 aliphatic carbocycles. The van der Waals surface area contributed by atoms with Crippen LogP contribution in [0, 0.1) is 3.57 Å². The van der Waals surface area contributed by atoms with Crippen molar-refractivity contribution < 1.29 is 18.3 Å². The third-order valence-electron chi connectivity index (χ3n) is 3.16. The van der Waals surface area contributed by atoms with E-state index >= 15 is 0 Å². The molecular weight excluding hydrogens is 381 g/mol. The summed E-state index contributed by atoms with van der Waals surface area (Å²) in [5, 5.41) is 11.7. The van der Waals surface area contributed by atoms with Gasteiger partial charge in [0.05, 0.1) is 16.6 Å². The number of carbonyl (C=O) groups is 1. The zero-order valence-electron chi connectivity index (χ0n) is 10.1. The van der Waals surface area contributed by atoms with Gasteiger partial charge in [-0.1, -0.05) is 0 Å². The van der Waals surface area contributed by atoms with E-state index in [1.807, 2.05) is 22.6 Å². The quantitative estimate of drug-likeness (QED) is 0.756. The molecule has 5 nitrogen and oxygen atoms in total. The van der Waals surface area contributed by atoms with Crippen molar-refractivity contribution >= 4 is 38.3 Å². The number of phenolic OH excluding ortho intramolecular Hbond substituents is 1. The Morgan fingerprint density at radius 2 is 2.21 bits per heavy atom. The highest BCUT2D eigenvalue weighted by atomic mass is 127. The number of phenols is 1. The minimum absolute atomic E-state index is 0.103. The van der Waals surface area contributed by atoms with Crippen LogP contribution in [0.2, 0.25) is 0 Å². The lowest BCUT2D eigenvalue weighted by Crippen LogP contribution is -2.34. The van der Waals surface area contributed by atoms with E-state index in [2.05, 4.69) is 5.32 Å². The van der Waals surface area contributed by atoms with E-state index in [1.165, 1.54) is 6.07 Å². The van der Waals surface area contributed by atoms with Crippen LogP contribution in [-0.2, 0) is 9.84 Å². The van der Waals surface area contributed by atoms with Crippen molar-refractivity contribution in [1.29, 1.82) is 0 Å². The van der Waals surface area contributed by atoms with Crippen molar-refractivity contribution in [3.63, 3.8) is 0 Å². The maximum atomic E-state index is 11.9. The molecule has 19 heavy (non-hydrogen) atoms. The van der Waals surface area contributed by atoms with Crippen LogP contribution in [0.3, 0.4) is 0 Å². The number of benzene rings is 1. The van der Waals surface area contributed by atoms with Gasteiger partial charge in [-0.05, 0) is 53.6 Å². The average Bonchev–Trinajstić information content (AvgIpc) is 2.68. The minimum Gasteiger partial charge on any atom is -0.507 e. The van der Waals surface area contributed by atoms with E-state index in [4.69, 9.17) is 0 Å². The normalized spacial score (nSPS) is 21.2. The highest BCUT2D eigenvalue weighted by Gasteiger charge is 2.31. The number of amides is 1. The molecule has 1 aromatic carbocycles. The molecule has 2 rings (SSSR count). The lowest BCUT2D eigenvalue weighted by atomic mass is 10.2. The number of hydrogen-bond donors (Lipinski definition) is 2. The second kappa shape index (κ2) is 5.66. The van der Waals surface area contributed by atoms with E-state index in [1.54, 1.807) is 12.1 Å². The molecule has 1 aliphatic rings. The minimum atomic E-state index is -3.06. The summed E-state index contributed by atoms with van der Waals surface area (Å²) in [4.78, 5) is 11.9. The Bertz CT molecular complexity index is 600. The molecule has 104 valence electrons. The standard InChI is InChI=1S/C12H14INO4S/c13-8-3-4-11(15)10(6-8)12(16)14-7-9-2-1-5-19(9,17)18/h3-4,6,9,15H,1-2,5,7H2,(H,14,16). The zero-order valence-corrected chi connectivity index (χ0v) is 13.1. The highest BCUT2D eigenvalue weighted by molar-refractivity contribution is 14.1. The molecule has 0 spiro atoms. The van der Waals surface area contributed by atoms with Crippen molar-refractivity contribution in [3.8, 4) is 5.75 Å². The largest absolute Gasteiger partial charge is 0.507 e. The van der Waals surface area contributed by atoms with Crippen molar-refractivity contribution in [2.24, 2.45) is 0 Å². The summed E-state index contributed by atoms with van der Waals surface area (Å²) in [5.41, 5.74) is 0.169. The zero-order chi connectivity index (χ0) is 14.0. The summed E-state index contributed by atoms with van der Waals surface area (Å²) in [6.07, 6.45) is 1.23. The molecule has 0 radical (unpaired) electrons. The van der Waals surface area contributed by atoms with E-state index in [0.29, 0.717) is 12.8 Å². The average molecular weight is 395 g/mol. The number of sulfone groups is 1. The lowest BCUT2D eigenvalue weighted by molar-refractivity contribution is 0.0951. The first-order chi connectivity index (χ1) is 8.90. The van der Waals surface area contributed by atoms with Crippen LogP contribution < -0.4 is 5.32 Å². The van der Waals surface area contributed by atoms with Gasteiger partial charge in [0.2, 0.25) is 0 Å². The van der Waals surface area contributed by atoms with Gasteiger partial charge in [0.25, 0.3) is 5.91 Å². The van der Waals surface area contributed by atoms with Crippen molar-refractivity contribution in [1.82, 2.24) is 5.32 Å². The van der Waals surface area contributed by atoms with Crippen LogP contribution in [0.25, 0.3) is 0 Å². The van der Waals surface area contributed by atoms with Crippen molar-refractivity contribution in [3.05, 3.63) is 27.3 Å². The first-order valence-corrected chi connectivity index (χ1v) is 8.68. The molecule has 0 saturated carbocycles. The molecule has 0 aromatic heterocycles. The Morgan fingerprint density at radius 1 is 1.47 bits per heavy atom. The van der Waals surface area contributed by atoms with Gasteiger partial charge in [-0.25, -0.2) is 8.42 Å². The Kier molecular flexibility index (Phi) is 4.34. The first-order valence-electron chi connectivity index (χ1n) is 5.88. The Hall–Kier alpha value is -0.830. The second-order valence-corrected chi connectivity index (χ2v) is 8.15. The van der Waals surface area contributed by atoms with E-state index in [-0.39, 0.29) is 23.6 Å². The number of rotatable bonds is 3. The molecule has 0 bridgehead atoms. The Morgan fingerprint density at radius 3 is 2.84 bits per heavy atom. The van der Waals surface area contributed by atoms with Crippen LogP contribution in [0.4, 0.5) is 0 Å². The van der Waals surface area contributed by atoms with Gasteiger partial charge >= 0.3 is 0 Å². The topological polar surface area (TPSA) is 83.5 Å². The van der Waals surface area contributed by atoms with Crippen molar-refractivity contribution in [2.45, 2.75) is 18.1 Å². The predicted molar refractivity (Wildman–Crippen MR) is 80.0 cm³/mol. The second-order valence-electron chi connectivity index (χ2n) is 4.50. The summed E-state index contributed by atoms with van der Waals surface area (Å²) in [5.74, 6) is -0.354. The van der Waals surface area contributed by atoms with Crippen molar-refractivity contribution in [2.75, 3.05) is 12.3 Å². The SMILES string of the molecule is O=C(NCC1CCCS1(=O)=O)c1cc(I)ccc1O. The summed E-state index contributed by atoms with van der Waals surface area (Å²) in [6, 6.07) is 4.70. The van der Waals surface area contributed by atoms with Crippen LogP contribution in [0.15, 0.2) is 18.2 Å². The molecular formula is C12H14INO4S. The predicted octanol–water partition coefficient (Wildman–Crippen LogP) is 1.30. The molecule has 1 amide bonds. The summed E-state index contributed by atoms with van der Waals surface area (Å²) >= 11 is 2.04. The van der Waals surface area contributed by atoms with Gasteiger partial charge < -0.3 is 10.4 Å². The molecule has 1 atom stereocenters. The van der Waals surface area contributed by atoms with Crippen LogP contribution in [0.1, 0.15) is 23.2 Å². The molecule has 2 N–H and O–H groups in total. The molecule has 1 aromatic rings. The Labute approximate surface area is 125 Å². The molecule has 1 heterocycles. The van der Waals surface area contributed by atoms with E-state index in [9.17, 15) is 18.3 Å². The molecule has 7 heteroatoms. The third kappa shape index (κ3) is 3.38. The summed E-state index contributed by atoms with van der Waals surface area (Å²) in [7, 11) is -3.06. The molecule has 1 saturated heterocycles.